The molecule has 0 aliphatic carbocycles. The van der Waals surface area contributed by atoms with E-state index in [2.05, 4.69) is 20.8 Å². The van der Waals surface area contributed by atoms with E-state index in [1.807, 2.05) is 0 Å². The maximum absolute atomic E-state index is 13.6. The van der Waals surface area contributed by atoms with Crippen LogP contribution in [0.3, 0.4) is 0 Å². The molecule has 9 heteroatoms. The van der Waals surface area contributed by atoms with Crippen molar-refractivity contribution in [2.75, 3.05) is 5.32 Å². The molecule has 0 aliphatic rings. The minimum absolute atomic E-state index is 0.0190. The standard InChI is InChI=1S/C18H12F4N4O/c19-11-4-2-1-3-10(11)9-23-18(27)14-7-8-15(26-25-14)24-13-6-5-12(20)16(21)17(13)22/h1-8H,9H2,(H,23,27)(H,24,26). The molecule has 0 bridgehead atoms. The minimum atomic E-state index is -1.61. The second-order valence-corrected chi connectivity index (χ2v) is 5.43. The van der Waals surface area contributed by atoms with Crippen LogP contribution in [-0.2, 0) is 6.54 Å². The van der Waals surface area contributed by atoms with Crippen molar-refractivity contribution in [3.05, 3.63) is 83.1 Å². The summed E-state index contributed by atoms with van der Waals surface area (Å²) in [7, 11) is 0. The minimum Gasteiger partial charge on any atom is -0.346 e. The van der Waals surface area contributed by atoms with Gasteiger partial charge in [-0.2, -0.15) is 0 Å². The Labute approximate surface area is 151 Å². The van der Waals surface area contributed by atoms with Gasteiger partial charge in [-0.05, 0) is 30.3 Å². The second-order valence-electron chi connectivity index (χ2n) is 5.43. The number of nitrogens with zero attached hydrogens (tertiary/aromatic N) is 2. The zero-order valence-corrected chi connectivity index (χ0v) is 13.6. The number of hydrogen-bond acceptors (Lipinski definition) is 4. The van der Waals surface area contributed by atoms with Gasteiger partial charge in [0.1, 0.15) is 5.82 Å². The SMILES string of the molecule is O=C(NCc1ccccc1F)c1ccc(Nc2ccc(F)c(F)c2F)nn1. The van der Waals surface area contributed by atoms with Crippen molar-refractivity contribution in [2.24, 2.45) is 0 Å². The van der Waals surface area contributed by atoms with E-state index >= 15 is 0 Å². The summed E-state index contributed by atoms with van der Waals surface area (Å²) < 4.78 is 53.3. The van der Waals surface area contributed by atoms with E-state index in [-0.39, 0.29) is 23.7 Å². The third kappa shape index (κ3) is 4.20. The number of aromatic nitrogens is 2. The zero-order chi connectivity index (χ0) is 19.4. The highest BCUT2D eigenvalue weighted by Gasteiger charge is 2.14. The van der Waals surface area contributed by atoms with Crippen molar-refractivity contribution in [3.8, 4) is 0 Å². The number of carbonyl (C=O) groups excluding carboxylic acids is 1. The molecule has 0 fully saturated rings. The fourth-order valence-corrected chi connectivity index (χ4v) is 2.19. The second kappa shape index (κ2) is 7.81. The molecular formula is C18H12F4N4O. The summed E-state index contributed by atoms with van der Waals surface area (Å²) in [6, 6.07) is 10.4. The summed E-state index contributed by atoms with van der Waals surface area (Å²) in [4.78, 5) is 12.0. The van der Waals surface area contributed by atoms with Gasteiger partial charge in [-0.25, -0.2) is 17.6 Å². The van der Waals surface area contributed by atoms with Gasteiger partial charge in [0.15, 0.2) is 29.0 Å². The number of anilines is 2. The zero-order valence-electron chi connectivity index (χ0n) is 13.6. The first-order valence-corrected chi connectivity index (χ1v) is 7.71. The molecule has 1 aromatic heterocycles. The molecule has 2 aromatic carbocycles. The lowest BCUT2D eigenvalue weighted by molar-refractivity contribution is 0.0944. The molecule has 27 heavy (non-hydrogen) atoms. The molecule has 0 saturated carbocycles. The third-order valence-electron chi connectivity index (χ3n) is 3.59. The molecule has 0 atom stereocenters. The number of nitrogens with one attached hydrogen (secondary N) is 2. The van der Waals surface area contributed by atoms with Crippen molar-refractivity contribution in [1.82, 2.24) is 15.5 Å². The van der Waals surface area contributed by atoms with Gasteiger partial charge in [-0.15, -0.1) is 10.2 Å². The Bertz CT molecular complexity index is 980. The van der Waals surface area contributed by atoms with Gasteiger partial charge in [-0.3, -0.25) is 4.79 Å². The Hall–Kier alpha value is -3.49. The Morgan fingerprint density at radius 3 is 2.33 bits per heavy atom. The number of benzene rings is 2. The highest BCUT2D eigenvalue weighted by Crippen LogP contribution is 2.22. The van der Waals surface area contributed by atoms with Gasteiger partial charge in [0.05, 0.1) is 5.69 Å². The average molecular weight is 376 g/mol. The van der Waals surface area contributed by atoms with E-state index in [0.29, 0.717) is 5.56 Å². The van der Waals surface area contributed by atoms with Gasteiger partial charge >= 0.3 is 0 Å². The fourth-order valence-electron chi connectivity index (χ4n) is 2.19. The van der Waals surface area contributed by atoms with Crippen LogP contribution in [0.1, 0.15) is 16.1 Å². The summed E-state index contributed by atoms with van der Waals surface area (Å²) in [5.41, 5.74) is -0.0755. The van der Waals surface area contributed by atoms with Crippen molar-refractivity contribution in [3.63, 3.8) is 0 Å². The van der Waals surface area contributed by atoms with Crippen molar-refractivity contribution in [1.29, 1.82) is 0 Å². The molecule has 2 N–H and O–H groups in total. The number of rotatable bonds is 5. The summed E-state index contributed by atoms with van der Waals surface area (Å²) in [5.74, 6) is -5.34. The van der Waals surface area contributed by atoms with Crippen LogP contribution in [0.4, 0.5) is 29.1 Å². The summed E-state index contributed by atoms with van der Waals surface area (Å²) in [6.07, 6.45) is 0. The maximum atomic E-state index is 13.6. The van der Waals surface area contributed by atoms with Crippen LogP contribution >= 0.6 is 0 Å². The molecule has 1 amide bonds. The van der Waals surface area contributed by atoms with Gasteiger partial charge < -0.3 is 10.6 Å². The van der Waals surface area contributed by atoms with E-state index in [4.69, 9.17) is 0 Å². The molecule has 138 valence electrons. The number of amides is 1. The Morgan fingerprint density at radius 2 is 1.63 bits per heavy atom. The van der Waals surface area contributed by atoms with Crippen LogP contribution in [-0.4, -0.2) is 16.1 Å². The van der Waals surface area contributed by atoms with E-state index in [1.165, 1.54) is 30.3 Å². The van der Waals surface area contributed by atoms with Gasteiger partial charge in [-0.1, -0.05) is 18.2 Å². The van der Waals surface area contributed by atoms with Crippen LogP contribution in [0, 0.1) is 23.3 Å². The highest BCUT2D eigenvalue weighted by molar-refractivity contribution is 5.92. The molecule has 3 rings (SSSR count). The lowest BCUT2D eigenvalue weighted by Gasteiger charge is -2.08. The highest BCUT2D eigenvalue weighted by atomic mass is 19.2. The molecule has 5 nitrogen and oxygen atoms in total. The van der Waals surface area contributed by atoms with E-state index < -0.39 is 29.2 Å². The molecular weight excluding hydrogens is 364 g/mol. The molecule has 0 spiro atoms. The van der Waals surface area contributed by atoms with Crippen LogP contribution in [0.15, 0.2) is 48.5 Å². The smallest absolute Gasteiger partial charge is 0.272 e. The van der Waals surface area contributed by atoms with Crippen molar-refractivity contribution < 1.29 is 22.4 Å². The Balaban J connectivity index is 1.65. The van der Waals surface area contributed by atoms with Crippen molar-refractivity contribution in [2.45, 2.75) is 6.54 Å². The summed E-state index contributed by atoms with van der Waals surface area (Å²) in [5, 5.41) is 12.3. The van der Waals surface area contributed by atoms with Gasteiger partial charge in [0.2, 0.25) is 0 Å². The molecule has 1 heterocycles. The lowest BCUT2D eigenvalue weighted by Crippen LogP contribution is -2.24. The monoisotopic (exact) mass is 376 g/mol. The lowest BCUT2D eigenvalue weighted by atomic mass is 10.2. The molecule has 0 saturated heterocycles. The largest absolute Gasteiger partial charge is 0.346 e. The molecule has 0 radical (unpaired) electrons. The summed E-state index contributed by atoms with van der Waals surface area (Å²) >= 11 is 0. The first-order valence-electron chi connectivity index (χ1n) is 7.71. The predicted octanol–water partition coefficient (Wildman–Crippen LogP) is 3.71. The number of halogens is 4. The molecule has 0 unspecified atom stereocenters. The van der Waals surface area contributed by atoms with E-state index in [0.717, 1.165) is 12.1 Å². The quantitative estimate of drug-likeness (QED) is 0.526. The van der Waals surface area contributed by atoms with Crippen molar-refractivity contribution >= 4 is 17.4 Å². The first kappa shape index (κ1) is 18.3. The van der Waals surface area contributed by atoms with Gasteiger partial charge in [0, 0.05) is 12.1 Å². The Kier molecular flexibility index (Phi) is 5.30. The summed E-state index contributed by atoms with van der Waals surface area (Å²) in [6.45, 7) is -0.0345. The first-order chi connectivity index (χ1) is 13.0. The maximum Gasteiger partial charge on any atom is 0.272 e. The Morgan fingerprint density at radius 1 is 0.852 bits per heavy atom. The number of carbonyl (C=O) groups is 1. The van der Waals surface area contributed by atoms with Crippen LogP contribution in [0.25, 0.3) is 0 Å². The number of hydrogen-bond donors (Lipinski definition) is 2. The van der Waals surface area contributed by atoms with Crippen LogP contribution < -0.4 is 10.6 Å². The van der Waals surface area contributed by atoms with Crippen LogP contribution in [0.2, 0.25) is 0 Å². The van der Waals surface area contributed by atoms with Crippen LogP contribution in [0.5, 0.6) is 0 Å². The third-order valence-corrected chi connectivity index (χ3v) is 3.59. The normalized spacial score (nSPS) is 10.5. The molecule has 0 aliphatic heterocycles. The average Bonchev–Trinajstić information content (AvgIpc) is 2.68. The van der Waals surface area contributed by atoms with E-state index in [1.54, 1.807) is 6.07 Å². The predicted molar refractivity (Wildman–Crippen MR) is 89.2 cm³/mol. The molecule has 3 aromatic rings. The van der Waals surface area contributed by atoms with Gasteiger partial charge in [0.25, 0.3) is 5.91 Å². The topological polar surface area (TPSA) is 66.9 Å². The fraction of sp³-hybridized carbons (Fsp3) is 0.0556. The van der Waals surface area contributed by atoms with E-state index in [9.17, 15) is 22.4 Å².